The third-order valence-corrected chi connectivity index (χ3v) is 4.08. The first-order valence-corrected chi connectivity index (χ1v) is 7.50. The molecular formula is C15H21ClN2O2. The molecule has 1 aromatic rings. The van der Waals surface area contributed by atoms with Gasteiger partial charge in [0.25, 0.3) is 5.91 Å². The Balaban J connectivity index is 1.91. The first kappa shape index (κ1) is 15.1. The van der Waals surface area contributed by atoms with Gasteiger partial charge in [0.1, 0.15) is 5.75 Å². The van der Waals surface area contributed by atoms with Gasteiger partial charge in [-0.3, -0.25) is 4.79 Å². The van der Waals surface area contributed by atoms with Crippen LogP contribution in [0.1, 0.15) is 43.0 Å². The van der Waals surface area contributed by atoms with E-state index in [0.29, 0.717) is 16.6 Å². The first-order chi connectivity index (χ1) is 9.60. The van der Waals surface area contributed by atoms with Crippen LogP contribution in [0.15, 0.2) is 18.2 Å². The van der Waals surface area contributed by atoms with E-state index in [1.807, 2.05) is 0 Å². The summed E-state index contributed by atoms with van der Waals surface area (Å²) < 4.78 is 0. The summed E-state index contributed by atoms with van der Waals surface area (Å²) in [7, 11) is 0. The highest BCUT2D eigenvalue weighted by molar-refractivity contribution is 6.33. The Morgan fingerprint density at radius 1 is 1.30 bits per heavy atom. The molecule has 20 heavy (non-hydrogen) atoms. The van der Waals surface area contributed by atoms with Crippen LogP contribution in [-0.4, -0.2) is 29.6 Å². The molecular weight excluding hydrogens is 276 g/mol. The quantitative estimate of drug-likeness (QED) is 0.800. The molecule has 2 rings (SSSR count). The number of amides is 1. The van der Waals surface area contributed by atoms with Gasteiger partial charge in [0.2, 0.25) is 0 Å². The SMILES string of the molecule is CCNC1CCC(NC(=O)c2cc(O)ccc2Cl)CC1. The number of phenolic OH excluding ortho intramolecular Hbond substituents is 1. The summed E-state index contributed by atoms with van der Waals surface area (Å²) >= 11 is 5.99. The van der Waals surface area contributed by atoms with E-state index in [1.54, 1.807) is 0 Å². The minimum Gasteiger partial charge on any atom is -0.508 e. The number of nitrogens with one attached hydrogen (secondary N) is 2. The van der Waals surface area contributed by atoms with Gasteiger partial charge in [-0.1, -0.05) is 18.5 Å². The summed E-state index contributed by atoms with van der Waals surface area (Å²) in [6.07, 6.45) is 4.10. The molecule has 0 heterocycles. The van der Waals surface area contributed by atoms with Crippen molar-refractivity contribution in [1.82, 2.24) is 10.6 Å². The predicted molar refractivity (Wildman–Crippen MR) is 80.3 cm³/mol. The first-order valence-electron chi connectivity index (χ1n) is 7.13. The zero-order valence-corrected chi connectivity index (χ0v) is 12.4. The molecule has 0 aromatic heterocycles. The van der Waals surface area contributed by atoms with E-state index in [0.717, 1.165) is 32.2 Å². The van der Waals surface area contributed by atoms with Crippen molar-refractivity contribution in [2.24, 2.45) is 0 Å². The predicted octanol–water partition coefficient (Wildman–Crippen LogP) is 2.70. The second kappa shape index (κ2) is 6.95. The van der Waals surface area contributed by atoms with Crippen molar-refractivity contribution in [1.29, 1.82) is 0 Å². The lowest BCUT2D eigenvalue weighted by atomic mass is 9.91. The molecule has 1 fully saturated rings. The Kier molecular flexibility index (Phi) is 5.26. The lowest BCUT2D eigenvalue weighted by Crippen LogP contribution is -2.42. The molecule has 0 radical (unpaired) electrons. The van der Waals surface area contributed by atoms with Gasteiger partial charge >= 0.3 is 0 Å². The summed E-state index contributed by atoms with van der Waals surface area (Å²) in [5.74, 6) is -0.159. The topological polar surface area (TPSA) is 61.4 Å². The maximum absolute atomic E-state index is 12.2. The molecule has 4 nitrogen and oxygen atoms in total. The average Bonchev–Trinajstić information content (AvgIpc) is 2.44. The minimum absolute atomic E-state index is 0.0513. The van der Waals surface area contributed by atoms with E-state index in [4.69, 9.17) is 11.6 Å². The summed E-state index contributed by atoms with van der Waals surface area (Å²) in [4.78, 5) is 12.2. The van der Waals surface area contributed by atoms with Gasteiger partial charge in [0.05, 0.1) is 10.6 Å². The maximum atomic E-state index is 12.2. The number of phenols is 1. The summed E-state index contributed by atoms with van der Waals surface area (Å²) in [5.41, 5.74) is 0.334. The number of rotatable bonds is 4. The molecule has 3 N–H and O–H groups in total. The third kappa shape index (κ3) is 3.87. The molecule has 1 aliphatic rings. The third-order valence-electron chi connectivity index (χ3n) is 3.75. The molecule has 0 bridgehead atoms. The molecule has 0 spiro atoms. The summed E-state index contributed by atoms with van der Waals surface area (Å²) in [6.45, 7) is 3.10. The highest BCUT2D eigenvalue weighted by Crippen LogP contribution is 2.23. The number of benzene rings is 1. The molecule has 0 unspecified atom stereocenters. The number of carbonyl (C=O) groups excluding carboxylic acids is 1. The normalized spacial score (nSPS) is 22.5. The highest BCUT2D eigenvalue weighted by atomic mass is 35.5. The van der Waals surface area contributed by atoms with Crippen LogP contribution in [0.5, 0.6) is 5.75 Å². The van der Waals surface area contributed by atoms with E-state index < -0.39 is 0 Å². The van der Waals surface area contributed by atoms with Crippen molar-refractivity contribution in [2.45, 2.75) is 44.7 Å². The van der Waals surface area contributed by atoms with E-state index in [-0.39, 0.29) is 17.7 Å². The van der Waals surface area contributed by atoms with E-state index in [2.05, 4.69) is 17.6 Å². The van der Waals surface area contributed by atoms with Crippen LogP contribution in [0.4, 0.5) is 0 Å². The maximum Gasteiger partial charge on any atom is 0.253 e. The van der Waals surface area contributed by atoms with Crippen molar-refractivity contribution >= 4 is 17.5 Å². The van der Waals surface area contributed by atoms with E-state index >= 15 is 0 Å². The van der Waals surface area contributed by atoms with Crippen molar-refractivity contribution in [3.63, 3.8) is 0 Å². The average molecular weight is 297 g/mol. The van der Waals surface area contributed by atoms with Crippen LogP contribution in [0.3, 0.4) is 0 Å². The smallest absolute Gasteiger partial charge is 0.253 e. The van der Waals surface area contributed by atoms with Crippen molar-refractivity contribution < 1.29 is 9.90 Å². The van der Waals surface area contributed by atoms with Crippen LogP contribution in [-0.2, 0) is 0 Å². The summed E-state index contributed by atoms with van der Waals surface area (Å²) in [5, 5.41) is 16.2. The van der Waals surface area contributed by atoms with Crippen molar-refractivity contribution in [2.75, 3.05) is 6.54 Å². The molecule has 1 amide bonds. The number of aromatic hydroxyl groups is 1. The Hall–Kier alpha value is -1.26. The fraction of sp³-hybridized carbons (Fsp3) is 0.533. The zero-order chi connectivity index (χ0) is 14.5. The second-order valence-corrected chi connectivity index (χ2v) is 5.65. The number of carbonyl (C=O) groups is 1. The fourth-order valence-corrected chi connectivity index (χ4v) is 2.88. The molecule has 1 saturated carbocycles. The van der Waals surface area contributed by atoms with E-state index in [1.165, 1.54) is 18.2 Å². The molecule has 110 valence electrons. The molecule has 0 aliphatic heterocycles. The van der Waals surface area contributed by atoms with Gasteiger partial charge in [-0.2, -0.15) is 0 Å². The van der Waals surface area contributed by atoms with Crippen LogP contribution >= 0.6 is 11.6 Å². The van der Waals surface area contributed by atoms with E-state index in [9.17, 15) is 9.90 Å². The molecule has 5 heteroatoms. The Bertz CT molecular complexity index is 471. The van der Waals surface area contributed by atoms with Crippen LogP contribution in [0.25, 0.3) is 0 Å². The molecule has 0 atom stereocenters. The van der Waals surface area contributed by atoms with Crippen LogP contribution < -0.4 is 10.6 Å². The van der Waals surface area contributed by atoms with Crippen molar-refractivity contribution in [3.05, 3.63) is 28.8 Å². The van der Waals surface area contributed by atoms with Crippen LogP contribution in [0.2, 0.25) is 5.02 Å². The zero-order valence-electron chi connectivity index (χ0n) is 11.7. The van der Waals surface area contributed by atoms with Gasteiger partial charge in [0.15, 0.2) is 0 Å². The lowest BCUT2D eigenvalue weighted by Gasteiger charge is -2.29. The Morgan fingerprint density at radius 3 is 2.60 bits per heavy atom. The lowest BCUT2D eigenvalue weighted by molar-refractivity contribution is 0.0924. The monoisotopic (exact) mass is 296 g/mol. The van der Waals surface area contributed by atoms with Gasteiger partial charge in [-0.25, -0.2) is 0 Å². The summed E-state index contributed by atoms with van der Waals surface area (Å²) in [6, 6.07) is 5.17. The van der Waals surface area contributed by atoms with Crippen molar-refractivity contribution in [3.8, 4) is 5.75 Å². The Labute approximate surface area is 124 Å². The van der Waals surface area contributed by atoms with Gasteiger partial charge in [-0.05, 0) is 50.4 Å². The molecule has 1 aromatic carbocycles. The minimum atomic E-state index is -0.210. The van der Waals surface area contributed by atoms with Gasteiger partial charge in [-0.15, -0.1) is 0 Å². The number of halogens is 1. The van der Waals surface area contributed by atoms with Gasteiger partial charge < -0.3 is 15.7 Å². The van der Waals surface area contributed by atoms with Crippen LogP contribution in [0, 0.1) is 0 Å². The Morgan fingerprint density at radius 2 is 1.95 bits per heavy atom. The molecule has 0 saturated heterocycles. The van der Waals surface area contributed by atoms with Gasteiger partial charge in [0, 0.05) is 12.1 Å². The second-order valence-electron chi connectivity index (χ2n) is 5.24. The highest BCUT2D eigenvalue weighted by Gasteiger charge is 2.22. The largest absolute Gasteiger partial charge is 0.508 e. The standard InChI is InChI=1S/C15H21ClN2O2/c1-2-17-10-3-5-11(6-4-10)18-15(20)13-9-12(19)7-8-14(13)16/h7-11,17,19H,2-6H2,1H3,(H,18,20). The number of hydrogen-bond donors (Lipinski definition) is 3. The fourth-order valence-electron chi connectivity index (χ4n) is 2.68. The number of hydrogen-bond acceptors (Lipinski definition) is 3. The molecule has 1 aliphatic carbocycles.